The fourth-order valence-electron chi connectivity index (χ4n) is 0.253. The van der Waals surface area contributed by atoms with Gasteiger partial charge in [0.15, 0.2) is 0 Å². The molecule has 0 unspecified atom stereocenters. The van der Waals surface area contributed by atoms with Crippen molar-refractivity contribution in [2.24, 2.45) is 0 Å². The van der Waals surface area contributed by atoms with E-state index >= 15 is 0 Å². The fourth-order valence-corrected chi connectivity index (χ4v) is 0.253. The molecule has 1 heterocycles. The van der Waals surface area contributed by atoms with Gasteiger partial charge in [0.1, 0.15) is 0 Å². The first kappa shape index (κ1) is 7.18. The van der Waals surface area contributed by atoms with Crippen molar-refractivity contribution in [3.63, 3.8) is 0 Å². The second kappa shape index (κ2) is 4.35. The maximum atomic E-state index is 3.72. The second-order valence-electron chi connectivity index (χ2n) is 0.894. The smallest absolute Gasteiger partial charge is 0.0451 e. The van der Waals surface area contributed by atoms with Crippen LogP contribution in [0, 0.1) is 0 Å². The molecule has 0 fully saturated rings. The summed E-state index contributed by atoms with van der Waals surface area (Å²) in [7, 11) is 0. The topological polar surface area (TPSA) is 25.8 Å². The molecule has 0 spiro atoms. The molecule has 0 N–H and O–H groups in total. The number of hydrogen-bond acceptors (Lipinski definition) is 2. The molecule has 1 rings (SSSR count). The van der Waals surface area contributed by atoms with Crippen molar-refractivity contribution in [3.8, 4) is 0 Å². The van der Waals surface area contributed by atoms with Crippen LogP contribution in [-0.4, -0.2) is 9.97 Å². The molecular weight excluding hydrogens is 165 g/mol. The minimum absolute atomic E-state index is 0. The van der Waals surface area contributed by atoms with E-state index in [2.05, 4.69) is 9.97 Å². The van der Waals surface area contributed by atoms with Gasteiger partial charge < -0.3 is 0 Å². The van der Waals surface area contributed by atoms with Crippen LogP contribution in [0.3, 0.4) is 0 Å². The Bertz CT molecular complexity index is 81.6. The molecule has 0 bridgehead atoms. The number of rotatable bonds is 0. The van der Waals surface area contributed by atoms with Crippen molar-refractivity contribution in [2.45, 2.75) is 0 Å². The Morgan fingerprint density at radius 2 is 1.00 bits per heavy atom. The van der Waals surface area contributed by atoms with Crippen molar-refractivity contribution >= 4 is 0 Å². The Kier molecular flexibility index (Phi) is 4.46. The van der Waals surface area contributed by atoms with E-state index in [4.69, 9.17) is 0 Å². The average Bonchev–Trinajstić information content (AvgIpc) is 1.72. The summed E-state index contributed by atoms with van der Waals surface area (Å²) in [5.41, 5.74) is 0. The van der Waals surface area contributed by atoms with E-state index in [1.165, 1.54) is 0 Å². The van der Waals surface area contributed by atoms with Gasteiger partial charge in [-0.25, -0.2) is 0 Å². The molecule has 0 saturated heterocycles. The summed E-state index contributed by atoms with van der Waals surface area (Å²) in [6.45, 7) is 0. The molecule has 1 aromatic rings. The first-order valence-electron chi connectivity index (χ1n) is 1.70. The summed E-state index contributed by atoms with van der Waals surface area (Å²) < 4.78 is 0. The van der Waals surface area contributed by atoms with Crippen LogP contribution in [0.1, 0.15) is 0 Å². The van der Waals surface area contributed by atoms with E-state index in [1.807, 2.05) is 0 Å². The second-order valence-corrected chi connectivity index (χ2v) is 0.894. The van der Waals surface area contributed by atoms with E-state index in [0.29, 0.717) is 0 Å². The quantitative estimate of drug-likeness (QED) is 0.564. The number of nitrogens with zero attached hydrogens (tertiary/aromatic N) is 2. The minimum atomic E-state index is 0. The van der Waals surface area contributed by atoms with Crippen LogP contribution in [-0.2, 0) is 32.7 Å². The van der Waals surface area contributed by atoms with Crippen molar-refractivity contribution in [2.75, 3.05) is 0 Å². The Balaban J connectivity index is 0.000000360. The molecule has 0 aliphatic rings. The van der Waals surface area contributed by atoms with Crippen LogP contribution in [0.4, 0.5) is 0 Å². The van der Waals surface area contributed by atoms with Crippen LogP contribution in [0.25, 0.3) is 0 Å². The Hall–Kier alpha value is 0.184. The molecule has 0 aromatic carbocycles. The molecule has 3 heteroatoms. The summed E-state index contributed by atoms with van der Waals surface area (Å²) in [5, 5.41) is 0. The Labute approximate surface area is 67.3 Å². The van der Waals surface area contributed by atoms with Crippen LogP contribution in [0.2, 0.25) is 0 Å². The molecule has 0 saturated carbocycles. The van der Waals surface area contributed by atoms with E-state index in [1.54, 1.807) is 24.8 Å². The first-order valence-corrected chi connectivity index (χ1v) is 1.70. The van der Waals surface area contributed by atoms with Crippen molar-refractivity contribution in [3.05, 3.63) is 24.8 Å². The first-order chi connectivity index (χ1) is 3.00. The summed E-state index contributed by atoms with van der Waals surface area (Å²) in [6.07, 6.45) is 6.56. The molecular formula is C4H4N2Y. The number of hydrogen-bond donors (Lipinski definition) is 0. The van der Waals surface area contributed by atoms with Gasteiger partial charge in [-0.2, -0.15) is 0 Å². The zero-order valence-electron chi connectivity index (χ0n) is 3.78. The van der Waals surface area contributed by atoms with Gasteiger partial charge in [0.05, 0.1) is 0 Å². The van der Waals surface area contributed by atoms with Gasteiger partial charge in [-0.05, 0) is 0 Å². The van der Waals surface area contributed by atoms with Gasteiger partial charge in [0.25, 0.3) is 0 Å². The van der Waals surface area contributed by atoms with Gasteiger partial charge in [-0.1, -0.05) is 0 Å². The van der Waals surface area contributed by atoms with Gasteiger partial charge in [-0.15, -0.1) is 0 Å². The van der Waals surface area contributed by atoms with Gasteiger partial charge in [-0.3, -0.25) is 9.97 Å². The van der Waals surface area contributed by atoms with Crippen molar-refractivity contribution in [1.82, 2.24) is 9.97 Å². The van der Waals surface area contributed by atoms with Crippen LogP contribution < -0.4 is 0 Å². The molecule has 0 amide bonds. The van der Waals surface area contributed by atoms with Crippen molar-refractivity contribution in [1.29, 1.82) is 0 Å². The molecule has 2 nitrogen and oxygen atoms in total. The predicted octanol–water partition coefficient (Wildman–Crippen LogP) is 0.474. The monoisotopic (exact) mass is 169 g/mol. The van der Waals surface area contributed by atoms with Crippen LogP contribution >= 0.6 is 0 Å². The Morgan fingerprint density at radius 3 is 1.14 bits per heavy atom. The maximum Gasteiger partial charge on any atom is 0.0451 e. The van der Waals surface area contributed by atoms with E-state index < -0.39 is 0 Å². The van der Waals surface area contributed by atoms with E-state index in [9.17, 15) is 0 Å². The largest absolute Gasteiger partial charge is 0.262 e. The average molecular weight is 169 g/mol. The third-order valence-electron chi connectivity index (χ3n) is 0.478. The third-order valence-corrected chi connectivity index (χ3v) is 0.478. The standard InChI is InChI=1S/C4H4N2.Y/c1-2-6-4-3-5-1;/h1-4H;. The third kappa shape index (κ3) is 2.83. The van der Waals surface area contributed by atoms with Crippen LogP contribution in [0.5, 0.6) is 0 Å². The molecule has 7 heavy (non-hydrogen) atoms. The Morgan fingerprint density at radius 1 is 0.714 bits per heavy atom. The van der Waals surface area contributed by atoms with Crippen LogP contribution in [0.15, 0.2) is 24.8 Å². The summed E-state index contributed by atoms with van der Waals surface area (Å²) in [6, 6.07) is 0. The summed E-state index contributed by atoms with van der Waals surface area (Å²) >= 11 is 0. The van der Waals surface area contributed by atoms with E-state index in [-0.39, 0.29) is 32.7 Å². The van der Waals surface area contributed by atoms with Crippen molar-refractivity contribution < 1.29 is 32.7 Å². The van der Waals surface area contributed by atoms with Gasteiger partial charge in [0, 0.05) is 57.5 Å². The molecule has 1 radical (unpaired) electrons. The fraction of sp³-hybridized carbons (Fsp3) is 0. The number of aromatic nitrogens is 2. The van der Waals surface area contributed by atoms with Gasteiger partial charge in [0.2, 0.25) is 0 Å². The predicted molar refractivity (Wildman–Crippen MR) is 22.0 cm³/mol. The van der Waals surface area contributed by atoms with Gasteiger partial charge >= 0.3 is 0 Å². The molecule has 33 valence electrons. The molecule has 1 aromatic heterocycles. The molecule has 0 aliphatic carbocycles. The zero-order valence-corrected chi connectivity index (χ0v) is 6.62. The van der Waals surface area contributed by atoms with E-state index in [0.717, 1.165) is 0 Å². The molecule has 0 aliphatic heterocycles. The maximum absolute atomic E-state index is 3.72. The normalized spacial score (nSPS) is 6.86. The SMILES string of the molecule is [Y].c1cnccn1. The summed E-state index contributed by atoms with van der Waals surface area (Å²) in [4.78, 5) is 7.44. The zero-order chi connectivity index (χ0) is 4.24. The minimum Gasteiger partial charge on any atom is -0.262 e. The summed E-state index contributed by atoms with van der Waals surface area (Å²) in [5.74, 6) is 0. The molecule has 0 atom stereocenters.